The fourth-order valence-corrected chi connectivity index (χ4v) is 2.52. The molecule has 0 spiro atoms. The number of benzene rings is 1. The number of hydrogen-bond acceptors (Lipinski definition) is 4. The Morgan fingerprint density at radius 1 is 1.35 bits per heavy atom. The molecule has 2 aromatic rings. The lowest BCUT2D eigenvalue weighted by Crippen LogP contribution is -2.22. The summed E-state index contributed by atoms with van der Waals surface area (Å²) in [6.45, 7) is -0.152. The van der Waals surface area contributed by atoms with Gasteiger partial charge < -0.3 is 10.1 Å². The predicted octanol–water partition coefficient (Wildman–Crippen LogP) is 3.64. The number of thiazole rings is 1. The van der Waals surface area contributed by atoms with Crippen molar-refractivity contribution in [2.75, 3.05) is 6.54 Å². The molecular weight excluding hydrogens is 282 g/mol. The lowest BCUT2D eigenvalue weighted by molar-refractivity contribution is -0.0506. The van der Waals surface area contributed by atoms with Crippen molar-refractivity contribution in [3.8, 4) is 5.75 Å². The minimum absolute atomic E-state index is 0.0661. The van der Waals surface area contributed by atoms with Crippen molar-refractivity contribution in [2.45, 2.75) is 26.0 Å². The van der Waals surface area contributed by atoms with E-state index in [4.69, 9.17) is 0 Å². The van der Waals surface area contributed by atoms with Crippen LogP contribution in [-0.4, -0.2) is 18.1 Å². The second-order valence-corrected chi connectivity index (χ2v) is 5.04. The molecule has 1 N–H and O–H groups in total. The van der Waals surface area contributed by atoms with Crippen LogP contribution in [0.3, 0.4) is 0 Å². The molecule has 0 aliphatic rings. The normalized spacial score (nSPS) is 12.6. The lowest BCUT2D eigenvalue weighted by Gasteiger charge is -2.17. The first-order chi connectivity index (χ1) is 9.66. The first kappa shape index (κ1) is 14.9. The highest BCUT2D eigenvalue weighted by molar-refractivity contribution is 7.07. The Bertz CT molecular complexity index is 520. The fraction of sp³-hybridized carbons (Fsp3) is 0.357. The molecule has 3 nitrogen and oxygen atoms in total. The Morgan fingerprint density at radius 3 is 2.85 bits per heavy atom. The molecule has 1 unspecified atom stereocenters. The third kappa shape index (κ3) is 4.25. The lowest BCUT2D eigenvalue weighted by atomic mass is 10.1. The minimum atomic E-state index is -2.81. The maximum atomic E-state index is 12.4. The molecule has 108 valence electrons. The SMILES string of the molecule is CC(NCCc1cscn1)c1ccccc1OC(F)F. The molecule has 20 heavy (non-hydrogen) atoms. The Balaban J connectivity index is 1.92. The number of para-hydroxylation sites is 1. The molecular formula is C14H16F2N2OS. The third-order valence-corrected chi connectivity index (χ3v) is 3.55. The monoisotopic (exact) mass is 298 g/mol. The molecule has 0 bridgehead atoms. The Morgan fingerprint density at radius 2 is 2.15 bits per heavy atom. The smallest absolute Gasteiger partial charge is 0.387 e. The van der Waals surface area contributed by atoms with E-state index < -0.39 is 6.61 Å². The maximum Gasteiger partial charge on any atom is 0.387 e. The molecule has 2 rings (SSSR count). The van der Waals surface area contributed by atoms with E-state index in [1.807, 2.05) is 18.4 Å². The van der Waals surface area contributed by atoms with Gasteiger partial charge >= 0.3 is 6.61 Å². The van der Waals surface area contributed by atoms with Crippen LogP contribution >= 0.6 is 11.3 Å². The van der Waals surface area contributed by atoms with Gasteiger partial charge in [-0.25, -0.2) is 4.98 Å². The molecule has 1 atom stereocenters. The molecule has 1 aromatic carbocycles. The van der Waals surface area contributed by atoms with E-state index >= 15 is 0 Å². The van der Waals surface area contributed by atoms with Gasteiger partial charge in [0.05, 0.1) is 11.2 Å². The number of alkyl halides is 2. The van der Waals surface area contributed by atoms with E-state index in [0.717, 1.165) is 24.2 Å². The first-order valence-electron chi connectivity index (χ1n) is 6.31. The molecule has 0 aliphatic carbocycles. The van der Waals surface area contributed by atoms with Crippen LogP contribution in [0.25, 0.3) is 0 Å². The highest BCUT2D eigenvalue weighted by atomic mass is 32.1. The van der Waals surface area contributed by atoms with Gasteiger partial charge in [0.1, 0.15) is 5.75 Å². The van der Waals surface area contributed by atoms with Crippen LogP contribution in [0.1, 0.15) is 24.2 Å². The summed E-state index contributed by atoms with van der Waals surface area (Å²) in [5.41, 5.74) is 3.56. The van der Waals surface area contributed by atoms with Crippen molar-refractivity contribution in [1.29, 1.82) is 0 Å². The van der Waals surface area contributed by atoms with E-state index in [0.29, 0.717) is 0 Å². The van der Waals surface area contributed by atoms with Crippen molar-refractivity contribution in [3.63, 3.8) is 0 Å². The van der Waals surface area contributed by atoms with E-state index in [1.54, 1.807) is 35.0 Å². The van der Waals surface area contributed by atoms with E-state index in [2.05, 4.69) is 15.0 Å². The number of nitrogens with one attached hydrogen (secondary N) is 1. The molecule has 1 aromatic heterocycles. The summed E-state index contributed by atoms with van der Waals surface area (Å²) in [5.74, 6) is 0.219. The van der Waals surface area contributed by atoms with Gasteiger partial charge in [0, 0.05) is 30.0 Å². The van der Waals surface area contributed by atoms with Crippen LogP contribution in [0.15, 0.2) is 35.2 Å². The van der Waals surface area contributed by atoms with Crippen LogP contribution in [-0.2, 0) is 6.42 Å². The molecule has 0 radical (unpaired) electrons. The molecule has 6 heteroatoms. The zero-order valence-electron chi connectivity index (χ0n) is 11.1. The van der Waals surface area contributed by atoms with Gasteiger partial charge in [0.2, 0.25) is 0 Å². The average Bonchev–Trinajstić information content (AvgIpc) is 2.91. The van der Waals surface area contributed by atoms with Crippen LogP contribution in [0.2, 0.25) is 0 Å². The van der Waals surface area contributed by atoms with Gasteiger partial charge in [-0.05, 0) is 13.0 Å². The minimum Gasteiger partial charge on any atom is -0.434 e. The largest absolute Gasteiger partial charge is 0.434 e. The molecule has 0 amide bonds. The van der Waals surface area contributed by atoms with E-state index in [9.17, 15) is 8.78 Å². The topological polar surface area (TPSA) is 34.2 Å². The molecule has 1 heterocycles. The summed E-state index contributed by atoms with van der Waals surface area (Å²) < 4.78 is 29.2. The quantitative estimate of drug-likeness (QED) is 0.847. The van der Waals surface area contributed by atoms with Crippen LogP contribution in [0.5, 0.6) is 5.75 Å². The summed E-state index contributed by atoms with van der Waals surface area (Å²) in [5, 5.41) is 5.29. The van der Waals surface area contributed by atoms with Gasteiger partial charge in [-0.1, -0.05) is 18.2 Å². The summed E-state index contributed by atoms with van der Waals surface area (Å²) in [7, 11) is 0. The molecule has 0 saturated heterocycles. The van der Waals surface area contributed by atoms with Gasteiger partial charge in [-0.15, -0.1) is 11.3 Å². The zero-order valence-corrected chi connectivity index (χ0v) is 11.9. The predicted molar refractivity (Wildman–Crippen MR) is 75.3 cm³/mol. The fourth-order valence-electron chi connectivity index (χ4n) is 1.93. The van der Waals surface area contributed by atoms with Crippen molar-refractivity contribution in [2.24, 2.45) is 0 Å². The maximum absolute atomic E-state index is 12.4. The second-order valence-electron chi connectivity index (χ2n) is 4.32. The number of ether oxygens (including phenoxy) is 1. The van der Waals surface area contributed by atoms with Crippen LogP contribution < -0.4 is 10.1 Å². The van der Waals surface area contributed by atoms with Gasteiger partial charge in [0.25, 0.3) is 0 Å². The number of rotatable bonds is 7. The Hall–Kier alpha value is -1.53. The zero-order chi connectivity index (χ0) is 14.4. The third-order valence-electron chi connectivity index (χ3n) is 2.92. The van der Waals surface area contributed by atoms with Gasteiger partial charge in [-0.3, -0.25) is 0 Å². The number of aromatic nitrogens is 1. The molecule has 0 aliphatic heterocycles. The highest BCUT2D eigenvalue weighted by Crippen LogP contribution is 2.26. The summed E-state index contributed by atoms with van der Waals surface area (Å²) >= 11 is 1.56. The van der Waals surface area contributed by atoms with Crippen LogP contribution in [0, 0.1) is 0 Å². The first-order valence-corrected chi connectivity index (χ1v) is 7.25. The summed E-state index contributed by atoms with van der Waals surface area (Å²) in [4.78, 5) is 4.20. The van der Waals surface area contributed by atoms with Crippen LogP contribution in [0.4, 0.5) is 8.78 Å². The number of nitrogens with zero attached hydrogens (tertiary/aromatic N) is 1. The van der Waals surface area contributed by atoms with Crippen molar-refractivity contribution >= 4 is 11.3 Å². The number of halogens is 2. The second kappa shape index (κ2) is 7.31. The number of hydrogen-bond donors (Lipinski definition) is 1. The van der Waals surface area contributed by atoms with E-state index in [-0.39, 0.29) is 11.8 Å². The Kier molecular flexibility index (Phi) is 5.43. The van der Waals surface area contributed by atoms with Gasteiger partial charge in [-0.2, -0.15) is 8.78 Å². The van der Waals surface area contributed by atoms with Crippen molar-refractivity contribution in [3.05, 3.63) is 46.4 Å². The molecule has 0 saturated carbocycles. The highest BCUT2D eigenvalue weighted by Gasteiger charge is 2.13. The van der Waals surface area contributed by atoms with Crippen molar-refractivity contribution < 1.29 is 13.5 Å². The standard InChI is InChI=1S/C14H16F2N2OS/c1-10(17-7-6-11-8-20-9-18-11)12-4-2-3-5-13(12)19-14(15)16/h2-5,8-10,14,17H,6-7H2,1H3. The summed E-state index contributed by atoms with van der Waals surface area (Å²) in [6, 6.07) is 6.77. The van der Waals surface area contributed by atoms with Crippen molar-refractivity contribution in [1.82, 2.24) is 10.3 Å². The van der Waals surface area contributed by atoms with E-state index in [1.165, 1.54) is 0 Å². The van der Waals surface area contributed by atoms with Gasteiger partial charge in [0.15, 0.2) is 0 Å². The molecule has 0 fully saturated rings. The Labute approximate surface area is 120 Å². The summed E-state index contributed by atoms with van der Waals surface area (Å²) in [6.07, 6.45) is 0.811. The average molecular weight is 298 g/mol.